The Hall–Kier alpha value is -3.95. The second-order valence-corrected chi connectivity index (χ2v) is 7.27. The second-order valence-electron chi connectivity index (χ2n) is 7.27. The van der Waals surface area contributed by atoms with Gasteiger partial charge in [-0.1, -0.05) is 30.3 Å². The smallest absolute Gasteiger partial charge is 0.437 e. The van der Waals surface area contributed by atoms with E-state index in [0.29, 0.717) is 16.5 Å². The SMILES string of the molecule is COc1cc(C(=O)Nc2c(C(F)(F)F)nn(Cc3ccc(F)cc3)c2C)c2ccccc2n1. The molecule has 2 aromatic heterocycles. The molecule has 1 amide bonds. The third kappa shape index (κ3) is 4.50. The van der Waals surface area contributed by atoms with Crippen LogP contribution in [0.5, 0.6) is 5.88 Å². The highest BCUT2D eigenvalue weighted by Gasteiger charge is 2.39. The molecule has 2 heterocycles. The number of carbonyl (C=O) groups excluding carboxylic acids is 1. The van der Waals surface area contributed by atoms with Crippen molar-refractivity contribution < 1.29 is 27.1 Å². The lowest BCUT2D eigenvalue weighted by molar-refractivity contribution is -0.140. The summed E-state index contributed by atoms with van der Waals surface area (Å²) in [6.45, 7) is 1.39. The van der Waals surface area contributed by atoms with E-state index in [1.807, 2.05) is 0 Å². The Bertz CT molecular complexity index is 1330. The number of rotatable bonds is 5. The number of pyridine rings is 1. The number of anilines is 1. The minimum Gasteiger partial charge on any atom is -0.481 e. The number of nitrogens with one attached hydrogen (secondary N) is 1. The van der Waals surface area contributed by atoms with Gasteiger partial charge in [-0.15, -0.1) is 0 Å². The van der Waals surface area contributed by atoms with Crippen LogP contribution in [0.4, 0.5) is 23.2 Å². The molecule has 170 valence electrons. The fraction of sp³-hybridized carbons (Fsp3) is 0.174. The lowest BCUT2D eigenvalue weighted by Gasteiger charge is -2.12. The topological polar surface area (TPSA) is 69.0 Å². The summed E-state index contributed by atoms with van der Waals surface area (Å²) in [6, 6.07) is 13.4. The average molecular weight is 458 g/mol. The van der Waals surface area contributed by atoms with E-state index in [9.17, 15) is 22.4 Å². The number of hydrogen-bond donors (Lipinski definition) is 1. The van der Waals surface area contributed by atoms with Crippen molar-refractivity contribution in [3.8, 4) is 5.88 Å². The maximum Gasteiger partial charge on any atom is 0.437 e. The third-order valence-electron chi connectivity index (χ3n) is 5.11. The Labute approximate surface area is 185 Å². The first-order chi connectivity index (χ1) is 15.7. The van der Waals surface area contributed by atoms with E-state index in [2.05, 4.69) is 15.4 Å². The Kier molecular flexibility index (Phi) is 5.75. The Morgan fingerprint density at radius 1 is 1.12 bits per heavy atom. The zero-order chi connectivity index (χ0) is 23.8. The van der Waals surface area contributed by atoms with Crippen molar-refractivity contribution in [3.05, 3.63) is 82.9 Å². The maximum atomic E-state index is 13.8. The summed E-state index contributed by atoms with van der Waals surface area (Å²) < 4.78 is 60.7. The van der Waals surface area contributed by atoms with Crippen LogP contribution in [0, 0.1) is 12.7 Å². The van der Waals surface area contributed by atoms with E-state index in [-0.39, 0.29) is 23.7 Å². The van der Waals surface area contributed by atoms with Gasteiger partial charge in [-0.2, -0.15) is 18.3 Å². The number of fused-ring (bicyclic) bond motifs is 1. The summed E-state index contributed by atoms with van der Waals surface area (Å²) in [6.07, 6.45) is -4.81. The standard InChI is InChI=1S/C23H18F4N4O2/c1-13-20(21(23(25,26)27)30-31(13)12-14-7-9-15(24)10-8-14)29-22(32)17-11-19(33-2)28-18-6-4-3-5-16(17)18/h3-11H,12H2,1-2H3,(H,29,32). The van der Waals surface area contributed by atoms with Gasteiger partial charge < -0.3 is 10.1 Å². The largest absolute Gasteiger partial charge is 0.481 e. The van der Waals surface area contributed by atoms with Gasteiger partial charge in [-0.3, -0.25) is 9.48 Å². The third-order valence-corrected chi connectivity index (χ3v) is 5.11. The number of amides is 1. The molecule has 0 aliphatic carbocycles. The van der Waals surface area contributed by atoms with Crippen molar-refractivity contribution in [2.75, 3.05) is 12.4 Å². The highest BCUT2D eigenvalue weighted by atomic mass is 19.4. The van der Waals surface area contributed by atoms with Crippen molar-refractivity contribution in [1.82, 2.24) is 14.8 Å². The highest BCUT2D eigenvalue weighted by Crippen LogP contribution is 2.36. The summed E-state index contributed by atoms with van der Waals surface area (Å²) in [4.78, 5) is 17.3. The van der Waals surface area contributed by atoms with Gasteiger partial charge in [-0.05, 0) is 30.7 Å². The number of methoxy groups -OCH3 is 1. The molecule has 0 fully saturated rings. The van der Waals surface area contributed by atoms with Crippen molar-refractivity contribution in [2.45, 2.75) is 19.6 Å². The molecule has 0 unspecified atom stereocenters. The van der Waals surface area contributed by atoms with E-state index < -0.39 is 29.3 Å². The molecule has 0 radical (unpaired) electrons. The lowest BCUT2D eigenvalue weighted by Crippen LogP contribution is -2.17. The van der Waals surface area contributed by atoms with Crippen LogP contribution in [0.1, 0.15) is 27.3 Å². The number of hydrogen-bond acceptors (Lipinski definition) is 4. The number of nitrogens with zero attached hydrogens (tertiary/aromatic N) is 3. The highest BCUT2D eigenvalue weighted by molar-refractivity contribution is 6.13. The molecule has 0 saturated heterocycles. The van der Waals surface area contributed by atoms with Gasteiger partial charge in [-0.25, -0.2) is 9.37 Å². The Morgan fingerprint density at radius 2 is 1.82 bits per heavy atom. The molecule has 0 atom stereocenters. The second kappa shape index (κ2) is 8.53. The fourth-order valence-electron chi connectivity index (χ4n) is 3.44. The first-order valence-electron chi connectivity index (χ1n) is 9.81. The molecular weight excluding hydrogens is 440 g/mol. The molecule has 4 rings (SSSR count). The summed E-state index contributed by atoms with van der Waals surface area (Å²) in [7, 11) is 1.38. The zero-order valence-electron chi connectivity index (χ0n) is 17.6. The van der Waals surface area contributed by atoms with Crippen LogP contribution in [0.25, 0.3) is 10.9 Å². The van der Waals surface area contributed by atoms with Gasteiger partial charge in [0.25, 0.3) is 5.91 Å². The maximum absolute atomic E-state index is 13.8. The van der Waals surface area contributed by atoms with Crippen molar-refractivity contribution >= 4 is 22.5 Å². The quantitative estimate of drug-likeness (QED) is 0.417. The Morgan fingerprint density at radius 3 is 2.48 bits per heavy atom. The number of benzene rings is 2. The predicted molar refractivity (Wildman–Crippen MR) is 114 cm³/mol. The van der Waals surface area contributed by atoms with Crippen LogP contribution in [0.3, 0.4) is 0 Å². The van der Waals surface area contributed by atoms with E-state index in [4.69, 9.17) is 4.74 Å². The van der Waals surface area contributed by atoms with Gasteiger partial charge in [0.15, 0.2) is 5.69 Å². The molecule has 1 N–H and O–H groups in total. The van der Waals surface area contributed by atoms with Crippen LogP contribution < -0.4 is 10.1 Å². The van der Waals surface area contributed by atoms with Gasteiger partial charge in [0.05, 0.1) is 36.1 Å². The average Bonchev–Trinajstić information content (AvgIpc) is 3.10. The molecule has 0 aliphatic rings. The Balaban J connectivity index is 1.74. The summed E-state index contributed by atoms with van der Waals surface area (Å²) in [5.41, 5.74) is -0.447. The van der Waals surface area contributed by atoms with E-state index in [0.717, 1.165) is 4.68 Å². The van der Waals surface area contributed by atoms with Crippen LogP contribution in [-0.2, 0) is 12.7 Å². The van der Waals surface area contributed by atoms with Crippen molar-refractivity contribution in [1.29, 1.82) is 0 Å². The normalized spacial score (nSPS) is 11.6. The minimum absolute atomic E-state index is 0.0307. The number of aromatic nitrogens is 3. The monoisotopic (exact) mass is 458 g/mol. The number of alkyl halides is 3. The molecule has 2 aromatic carbocycles. The van der Waals surface area contributed by atoms with E-state index >= 15 is 0 Å². The molecule has 10 heteroatoms. The number of ether oxygens (including phenoxy) is 1. The fourth-order valence-corrected chi connectivity index (χ4v) is 3.44. The lowest BCUT2D eigenvalue weighted by atomic mass is 10.1. The summed E-state index contributed by atoms with van der Waals surface area (Å²) in [5.74, 6) is -1.07. The van der Waals surface area contributed by atoms with Crippen LogP contribution in [-0.4, -0.2) is 27.8 Å². The van der Waals surface area contributed by atoms with Gasteiger partial charge in [0, 0.05) is 11.5 Å². The molecule has 0 bridgehead atoms. The van der Waals surface area contributed by atoms with E-state index in [1.165, 1.54) is 44.4 Å². The van der Waals surface area contributed by atoms with Crippen molar-refractivity contribution in [3.63, 3.8) is 0 Å². The van der Waals surface area contributed by atoms with Gasteiger partial charge >= 0.3 is 6.18 Å². The number of para-hydroxylation sites is 1. The van der Waals surface area contributed by atoms with Crippen LogP contribution in [0.2, 0.25) is 0 Å². The first kappa shape index (κ1) is 22.3. The molecule has 0 spiro atoms. The number of halogens is 4. The minimum atomic E-state index is -4.81. The molecular formula is C23H18F4N4O2. The first-order valence-corrected chi connectivity index (χ1v) is 9.81. The summed E-state index contributed by atoms with van der Waals surface area (Å²) >= 11 is 0. The van der Waals surface area contributed by atoms with Crippen LogP contribution >= 0.6 is 0 Å². The number of carbonyl (C=O) groups is 1. The van der Waals surface area contributed by atoms with Gasteiger partial charge in [0.2, 0.25) is 5.88 Å². The zero-order valence-corrected chi connectivity index (χ0v) is 17.6. The van der Waals surface area contributed by atoms with Gasteiger partial charge in [0.1, 0.15) is 5.82 Å². The molecule has 0 saturated carbocycles. The molecule has 6 nitrogen and oxygen atoms in total. The molecule has 33 heavy (non-hydrogen) atoms. The molecule has 4 aromatic rings. The predicted octanol–water partition coefficient (Wildman–Crippen LogP) is 5.21. The van der Waals surface area contributed by atoms with Crippen molar-refractivity contribution in [2.24, 2.45) is 0 Å². The molecule has 0 aliphatic heterocycles. The van der Waals surface area contributed by atoms with Crippen LogP contribution in [0.15, 0.2) is 54.6 Å². The van der Waals surface area contributed by atoms with E-state index in [1.54, 1.807) is 24.3 Å². The summed E-state index contributed by atoms with van der Waals surface area (Å²) in [5, 5.41) is 6.52.